The standard InChI is InChI=1S/C10H19NO4S/c1-8(10(12)15-2)7-11-9-3-5-16(13,14)6-4-9/h8-9,11H,3-7H2,1-2H3. The number of esters is 1. The molecular formula is C10H19NO4S. The molecule has 1 aliphatic rings. The van der Waals surface area contributed by atoms with Crippen LogP contribution < -0.4 is 5.32 Å². The van der Waals surface area contributed by atoms with E-state index in [9.17, 15) is 13.2 Å². The van der Waals surface area contributed by atoms with Crippen LogP contribution in [-0.4, -0.2) is 45.6 Å². The van der Waals surface area contributed by atoms with Crippen LogP contribution in [0.15, 0.2) is 0 Å². The molecule has 0 aliphatic carbocycles. The van der Waals surface area contributed by atoms with Gasteiger partial charge >= 0.3 is 5.97 Å². The number of ether oxygens (including phenoxy) is 1. The molecule has 1 rings (SSSR count). The minimum absolute atomic E-state index is 0.191. The van der Waals surface area contributed by atoms with Crippen molar-refractivity contribution in [2.24, 2.45) is 5.92 Å². The number of hydrogen-bond acceptors (Lipinski definition) is 5. The quantitative estimate of drug-likeness (QED) is 0.708. The normalized spacial score (nSPS) is 22.6. The van der Waals surface area contributed by atoms with Crippen LogP contribution >= 0.6 is 0 Å². The lowest BCUT2D eigenvalue weighted by Crippen LogP contribution is -2.40. The highest BCUT2D eigenvalue weighted by molar-refractivity contribution is 7.91. The SMILES string of the molecule is COC(=O)C(C)CNC1CCS(=O)(=O)CC1. The molecule has 94 valence electrons. The van der Waals surface area contributed by atoms with E-state index in [1.54, 1.807) is 6.92 Å². The molecule has 0 bridgehead atoms. The van der Waals surface area contributed by atoms with E-state index in [2.05, 4.69) is 10.1 Å². The number of carbonyl (C=O) groups excluding carboxylic acids is 1. The van der Waals surface area contributed by atoms with Crippen LogP contribution in [0.4, 0.5) is 0 Å². The third kappa shape index (κ3) is 4.09. The molecule has 1 saturated heterocycles. The molecule has 0 aromatic carbocycles. The van der Waals surface area contributed by atoms with Crippen LogP contribution in [0.2, 0.25) is 0 Å². The number of hydrogen-bond donors (Lipinski definition) is 1. The summed E-state index contributed by atoms with van der Waals surface area (Å²) in [5.41, 5.74) is 0. The molecule has 1 aliphatic heterocycles. The van der Waals surface area contributed by atoms with E-state index in [4.69, 9.17) is 0 Å². The lowest BCUT2D eigenvalue weighted by Gasteiger charge is -2.24. The summed E-state index contributed by atoms with van der Waals surface area (Å²) < 4.78 is 27.0. The lowest BCUT2D eigenvalue weighted by atomic mass is 10.1. The molecule has 0 amide bonds. The first-order valence-corrected chi connectivity index (χ1v) is 7.28. The summed E-state index contributed by atoms with van der Waals surface area (Å²) in [6.07, 6.45) is 1.27. The van der Waals surface area contributed by atoms with Crippen LogP contribution in [0.5, 0.6) is 0 Å². The largest absolute Gasteiger partial charge is 0.469 e. The number of methoxy groups -OCH3 is 1. The van der Waals surface area contributed by atoms with Crippen molar-refractivity contribution >= 4 is 15.8 Å². The average molecular weight is 249 g/mol. The topological polar surface area (TPSA) is 72.5 Å². The smallest absolute Gasteiger partial charge is 0.309 e. The monoisotopic (exact) mass is 249 g/mol. The van der Waals surface area contributed by atoms with Gasteiger partial charge in [-0.1, -0.05) is 6.92 Å². The van der Waals surface area contributed by atoms with Gasteiger partial charge in [0.1, 0.15) is 9.84 Å². The van der Waals surface area contributed by atoms with Crippen molar-refractivity contribution < 1.29 is 17.9 Å². The predicted octanol–water partition coefficient (Wildman–Crippen LogP) is -0.0377. The zero-order valence-corrected chi connectivity index (χ0v) is 10.5. The highest BCUT2D eigenvalue weighted by Gasteiger charge is 2.24. The van der Waals surface area contributed by atoms with Crippen molar-refractivity contribution in [1.82, 2.24) is 5.32 Å². The van der Waals surface area contributed by atoms with Gasteiger partial charge in [-0.2, -0.15) is 0 Å². The maximum absolute atomic E-state index is 11.2. The Morgan fingerprint density at radius 3 is 2.50 bits per heavy atom. The summed E-state index contributed by atoms with van der Waals surface area (Å²) in [7, 11) is -1.44. The molecule has 0 spiro atoms. The van der Waals surface area contributed by atoms with Crippen molar-refractivity contribution in [3.05, 3.63) is 0 Å². The Labute approximate surface area is 96.5 Å². The third-order valence-corrected chi connectivity index (χ3v) is 4.59. The van der Waals surface area contributed by atoms with Crippen LogP contribution in [0.1, 0.15) is 19.8 Å². The fourth-order valence-electron chi connectivity index (χ4n) is 1.72. The van der Waals surface area contributed by atoms with E-state index in [0.29, 0.717) is 19.4 Å². The zero-order valence-electron chi connectivity index (χ0n) is 9.73. The Balaban J connectivity index is 2.27. The third-order valence-electron chi connectivity index (χ3n) is 2.87. The summed E-state index contributed by atoms with van der Waals surface area (Å²) >= 11 is 0. The molecule has 1 N–H and O–H groups in total. The Bertz CT molecular complexity index is 325. The van der Waals surface area contributed by atoms with Gasteiger partial charge in [-0.15, -0.1) is 0 Å². The van der Waals surface area contributed by atoms with Crippen LogP contribution in [0.3, 0.4) is 0 Å². The van der Waals surface area contributed by atoms with Gasteiger partial charge in [-0.25, -0.2) is 8.42 Å². The second-order valence-corrected chi connectivity index (χ2v) is 6.56. The molecule has 0 aromatic heterocycles. The van der Waals surface area contributed by atoms with E-state index in [0.717, 1.165) is 0 Å². The molecule has 1 fully saturated rings. The van der Waals surface area contributed by atoms with E-state index in [1.165, 1.54) is 7.11 Å². The van der Waals surface area contributed by atoms with Crippen molar-refractivity contribution in [1.29, 1.82) is 0 Å². The molecule has 6 heteroatoms. The first-order valence-electron chi connectivity index (χ1n) is 5.46. The number of sulfone groups is 1. The van der Waals surface area contributed by atoms with Crippen molar-refractivity contribution in [3.63, 3.8) is 0 Å². The maximum Gasteiger partial charge on any atom is 0.309 e. The second-order valence-electron chi connectivity index (χ2n) is 4.26. The van der Waals surface area contributed by atoms with E-state index < -0.39 is 9.84 Å². The number of nitrogens with one attached hydrogen (secondary N) is 1. The number of carbonyl (C=O) groups is 1. The summed E-state index contributed by atoms with van der Waals surface area (Å²) in [5, 5.41) is 3.21. The maximum atomic E-state index is 11.2. The summed E-state index contributed by atoms with van der Waals surface area (Å²) in [6.45, 7) is 2.33. The predicted molar refractivity (Wildman–Crippen MR) is 60.9 cm³/mol. The summed E-state index contributed by atoms with van der Waals surface area (Å²) in [6, 6.07) is 0.204. The van der Waals surface area contributed by atoms with Gasteiger partial charge in [-0.3, -0.25) is 4.79 Å². The molecule has 1 atom stereocenters. The van der Waals surface area contributed by atoms with E-state index in [-0.39, 0.29) is 29.4 Å². The second kappa shape index (κ2) is 5.63. The first kappa shape index (κ1) is 13.4. The summed E-state index contributed by atoms with van der Waals surface area (Å²) in [4.78, 5) is 11.1. The molecule has 5 nitrogen and oxygen atoms in total. The molecular weight excluding hydrogens is 230 g/mol. The van der Waals surface area contributed by atoms with Gasteiger partial charge in [0.2, 0.25) is 0 Å². The highest BCUT2D eigenvalue weighted by atomic mass is 32.2. The van der Waals surface area contributed by atoms with Gasteiger partial charge in [0.25, 0.3) is 0 Å². The Hall–Kier alpha value is -0.620. The molecule has 1 heterocycles. The van der Waals surface area contributed by atoms with Gasteiger partial charge in [-0.05, 0) is 12.8 Å². The average Bonchev–Trinajstić information content (AvgIpc) is 2.26. The van der Waals surface area contributed by atoms with Crippen molar-refractivity contribution in [3.8, 4) is 0 Å². The Morgan fingerprint density at radius 1 is 1.44 bits per heavy atom. The van der Waals surface area contributed by atoms with Crippen LogP contribution in [0.25, 0.3) is 0 Å². The fourth-order valence-corrected chi connectivity index (χ4v) is 3.21. The van der Waals surface area contributed by atoms with Crippen LogP contribution in [-0.2, 0) is 19.4 Å². The van der Waals surface area contributed by atoms with Crippen molar-refractivity contribution in [2.45, 2.75) is 25.8 Å². The minimum atomic E-state index is -2.81. The van der Waals surface area contributed by atoms with Gasteiger partial charge in [0.05, 0.1) is 24.5 Å². The van der Waals surface area contributed by atoms with Crippen molar-refractivity contribution in [2.75, 3.05) is 25.2 Å². The van der Waals surface area contributed by atoms with Gasteiger partial charge < -0.3 is 10.1 Å². The lowest BCUT2D eigenvalue weighted by molar-refractivity contribution is -0.144. The molecule has 0 radical (unpaired) electrons. The Kier molecular flexibility index (Phi) is 4.73. The highest BCUT2D eigenvalue weighted by Crippen LogP contribution is 2.12. The molecule has 16 heavy (non-hydrogen) atoms. The van der Waals surface area contributed by atoms with E-state index in [1.807, 2.05) is 0 Å². The Morgan fingerprint density at radius 2 is 2.00 bits per heavy atom. The number of rotatable bonds is 4. The first-order chi connectivity index (χ1) is 7.44. The van der Waals surface area contributed by atoms with Gasteiger partial charge in [0, 0.05) is 12.6 Å². The van der Waals surface area contributed by atoms with E-state index >= 15 is 0 Å². The molecule has 0 saturated carbocycles. The zero-order chi connectivity index (χ0) is 12.2. The van der Waals surface area contributed by atoms with Crippen LogP contribution in [0, 0.1) is 5.92 Å². The minimum Gasteiger partial charge on any atom is -0.469 e. The molecule has 1 unspecified atom stereocenters. The summed E-state index contributed by atoms with van der Waals surface area (Å²) in [5.74, 6) is 0.0635. The molecule has 0 aromatic rings. The fraction of sp³-hybridized carbons (Fsp3) is 0.900. The van der Waals surface area contributed by atoms with Gasteiger partial charge in [0.15, 0.2) is 0 Å².